The fourth-order valence-electron chi connectivity index (χ4n) is 2.33. The van der Waals surface area contributed by atoms with Crippen LogP contribution in [0.25, 0.3) is 11.3 Å². The molecule has 3 rings (SSSR count). The van der Waals surface area contributed by atoms with Crippen LogP contribution >= 0.6 is 11.6 Å². The van der Waals surface area contributed by atoms with Crippen molar-refractivity contribution < 1.29 is 9.18 Å². The molecule has 0 aliphatic carbocycles. The van der Waals surface area contributed by atoms with Crippen molar-refractivity contribution in [1.82, 2.24) is 20.1 Å². The molecule has 0 radical (unpaired) electrons. The Bertz CT molecular complexity index is 894. The van der Waals surface area contributed by atoms with Crippen LogP contribution in [0.5, 0.6) is 0 Å². The molecule has 0 aliphatic rings. The molecule has 0 atom stereocenters. The number of hydrogen-bond acceptors (Lipinski definition) is 3. The summed E-state index contributed by atoms with van der Waals surface area (Å²) < 4.78 is 14.8. The molecule has 0 bridgehead atoms. The minimum absolute atomic E-state index is 0.0780. The Kier molecular flexibility index (Phi) is 4.57. The average molecular weight is 345 g/mol. The van der Waals surface area contributed by atoms with Crippen LogP contribution in [0.1, 0.15) is 15.9 Å². The SMILES string of the molecule is Cn1nccc1-c1cncc(CNC(=O)c2ccc(F)cc2Cl)c1. The third-order valence-corrected chi connectivity index (χ3v) is 3.85. The van der Waals surface area contributed by atoms with E-state index in [0.29, 0.717) is 0 Å². The molecule has 1 N–H and O–H groups in total. The summed E-state index contributed by atoms with van der Waals surface area (Å²) in [6.45, 7) is 0.283. The van der Waals surface area contributed by atoms with Gasteiger partial charge < -0.3 is 5.32 Å². The summed E-state index contributed by atoms with van der Waals surface area (Å²) in [6.07, 6.45) is 5.12. The summed E-state index contributed by atoms with van der Waals surface area (Å²) in [5, 5.41) is 6.96. The van der Waals surface area contributed by atoms with E-state index in [4.69, 9.17) is 11.6 Å². The Balaban J connectivity index is 1.73. The Morgan fingerprint density at radius 3 is 2.83 bits per heavy atom. The predicted octanol–water partition coefficient (Wildman–Crippen LogP) is 3.20. The molecular weight excluding hydrogens is 331 g/mol. The van der Waals surface area contributed by atoms with Gasteiger partial charge in [-0.2, -0.15) is 5.10 Å². The molecule has 1 aromatic carbocycles. The number of halogens is 2. The van der Waals surface area contributed by atoms with Crippen LogP contribution in [0.4, 0.5) is 4.39 Å². The Hall–Kier alpha value is -2.73. The van der Waals surface area contributed by atoms with Gasteiger partial charge >= 0.3 is 0 Å². The van der Waals surface area contributed by atoms with E-state index in [1.807, 2.05) is 19.2 Å². The van der Waals surface area contributed by atoms with Crippen LogP contribution in [0.3, 0.4) is 0 Å². The van der Waals surface area contributed by atoms with E-state index in [1.165, 1.54) is 12.1 Å². The van der Waals surface area contributed by atoms with E-state index in [2.05, 4.69) is 15.4 Å². The van der Waals surface area contributed by atoms with Crippen molar-refractivity contribution in [3.63, 3.8) is 0 Å². The minimum Gasteiger partial charge on any atom is -0.348 e. The van der Waals surface area contributed by atoms with Crippen molar-refractivity contribution in [3.05, 3.63) is 70.9 Å². The van der Waals surface area contributed by atoms with Gasteiger partial charge in [0.1, 0.15) is 5.82 Å². The second-order valence-corrected chi connectivity index (χ2v) is 5.64. The molecule has 0 spiro atoms. The van der Waals surface area contributed by atoms with E-state index >= 15 is 0 Å². The maximum Gasteiger partial charge on any atom is 0.253 e. The lowest BCUT2D eigenvalue weighted by molar-refractivity contribution is 0.0951. The smallest absolute Gasteiger partial charge is 0.253 e. The summed E-state index contributed by atoms with van der Waals surface area (Å²) in [5.74, 6) is -0.851. The molecule has 24 heavy (non-hydrogen) atoms. The number of rotatable bonds is 4. The van der Waals surface area contributed by atoms with Crippen molar-refractivity contribution in [2.45, 2.75) is 6.54 Å². The standard InChI is InChI=1S/C17H14ClFN4O/c1-23-16(4-5-22-23)12-6-11(8-20-10-12)9-21-17(24)14-3-2-13(19)7-15(14)18/h2-8,10H,9H2,1H3,(H,21,24). The molecule has 5 nitrogen and oxygen atoms in total. The second kappa shape index (κ2) is 6.80. The molecule has 2 heterocycles. The van der Waals surface area contributed by atoms with Gasteiger partial charge in [0.15, 0.2) is 0 Å². The molecular formula is C17H14ClFN4O. The molecule has 0 saturated carbocycles. The highest BCUT2D eigenvalue weighted by Gasteiger charge is 2.11. The molecule has 0 fully saturated rings. The van der Waals surface area contributed by atoms with Crippen LogP contribution < -0.4 is 5.32 Å². The molecule has 1 amide bonds. The third-order valence-electron chi connectivity index (χ3n) is 3.54. The van der Waals surface area contributed by atoms with Gasteiger partial charge in [-0.3, -0.25) is 14.5 Å². The summed E-state index contributed by atoms with van der Waals surface area (Å²) >= 11 is 5.89. The molecule has 2 aromatic heterocycles. The van der Waals surface area contributed by atoms with Crippen molar-refractivity contribution in [2.24, 2.45) is 7.05 Å². The largest absolute Gasteiger partial charge is 0.348 e. The first-order chi connectivity index (χ1) is 11.5. The van der Waals surface area contributed by atoms with Crippen molar-refractivity contribution in [3.8, 4) is 11.3 Å². The van der Waals surface area contributed by atoms with Gasteiger partial charge in [0.05, 0.1) is 16.3 Å². The van der Waals surface area contributed by atoms with Crippen molar-refractivity contribution in [2.75, 3.05) is 0 Å². The molecule has 7 heteroatoms. The number of pyridine rings is 1. The first kappa shape index (κ1) is 16.1. The van der Waals surface area contributed by atoms with Crippen molar-refractivity contribution >= 4 is 17.5 Å². The lowest BCUT2D eigenvalue weighted by Gasteiger charge is -2.08. The highest BCUT2D eigenvalue weighted by atomic mass is 35.5. The van der Waals surface area contributed by atoms with Gasteiger partial charge in [-0.1, -0.05) is 11.6 Å². The monoisotopic (exact) mass is 344 g/mol. The number of carbonyl (C=O) groups is 1. The quantitative estimate of drug-likeness (QED) is 0.790. The zero-order valence-corrected chi connectivity index (χ0v) is 13.6. The Morgan fingerprint density at radius 1 is 1.29 bits per heavy atom. The minimum atomic E-state index is -0.482. The van der Waals surface area contributed by atoms with E-state index in [9.17, 15) is 9.18 Å². The third kappa shape index (κ3) is 3.44. The second-order valence-electron chi connectivity index (χ2n) is 5.23. The maximum absolute atomic E-state index is 13.0. The molecule has 0 aliphatic heterocycles. The number of nitrogens with zero attached hydrogens (tertiary/aromatic N) is 3. The number of aromatic nitrogens is 3. The Morgan fingerprint density at radius 2 is 2.12 bits per heavy atom. The van der Waals surface area contributed by atoms with Gasteiger partial charge in [-0.15, -0.1) is 0 Å². The van der Waals surface area contributed by atoms with Crippen LogP contribution in [0.15, 0.2) is 48.9 Å². The number of nitrogens with one attached hydrogen (secondary N) is 1. The van der Waals surface area contributed by atoms with Gasteiger partial charge in [-0.25, -0.2) is 4.39 Å². The maximum atomic E-state index is 13.0. The number of amides is 1. The van der Waals surface area contributed by atoms with Gasteiger partial charge in [-0.05, 0) is 35.9 Å². The normalized spacial score (nSPS) is 10.6. The Labute approximate surface area is 143 Å². The number of benzene rings is 1. The van der Waals surface area contributed by atoms with E-state index in [-0.39, 0.29) is 23.0 Å². The van der Waals surface area contributed by atoms with Crippen LogP contribution in [0.2, 0.25) is 5.02 Å². The fraction of sp³-hybridized carbons (Fsp3) is 0.118. The predicted molar refractivity (Wildman–Crippen MR) is 89.0 cm³/mol. The lowest BCUT2D eigenvalue weighted by Crippen LogP contribution is -2.23. The molecule has 0 unspecified atom stereocenters. The number of aryl methyl sites for hydroxylation is 1. The highest BCUT2D eigenvalue weighted by Crippen LogP contribution is 2.19. The summed E-state index contributed by atoms with van der Waals surface area (Å²) in [4.78, 5) is 16.4. The highest BCUT2D eigenvalue weighted by molar-refractivity contribution is 6.33. The van der Waals surface area contributed by atoms with E-state index < -0.39 is 5.82 Å². The number of hydrogen-bond donors (Lipinski definition) is 1. The molecule has 122 valence electrons. The van der Waals surface area contributed by atoms with Crippen LogP contribution in [-0.2, 0) is 13.6 Å². The first-order valence-electron chi connectivity index (χ1n) is 7.20. The zero-order valence-electron chi connectivity index (χ0n) is 12.8. The molecule has 3 aromatic rings. The fourth-order valence-corrected chi connectivity index (χ4v) is 2.59. The van der Waals surface area contributed by atoms with Crippen LogP contribution in [0, 0.1) is 5.82 Å². The first-order valence-corrected chi connectivity index (χ1v) is 7.58. The lowest BCUT2D eigenvalue weighted by atomic mass is 10.1. The van der Waals surface area contributed by atoms with Gasteiger partial charge in [0, 0.05) is 37.7 Å². The van der Waals surface area contributed by atoms with Crippen LogP contribution in [-0.4, -0.2) is 20.7 Å². The van der Waals surface area contributed by atoms with Crippen molar-refractivity contribution in [1.29, 1.82) is 0 Å². The number of carbonyl (C=O) groups excluding carboxylic acids is 1. The van der Waals surface area contributed by atoms with Gasteiger partial charge in [0.2, 0.25) is 0 Å². The summed E-state index contributed by atoms with van der Waals surface area (Å²) in [6, 6.07) is 7.48. The summed E-state index contributed by atoms with van der Waals surface area (Å²) in [7, 11) is 1.85. The van der Waals surface area contributed by atoms with E-state index in [0.717, 1.165) is 22.9 Å². The van der Waals surface area contributed by atoms with Gasteiger partial charge in [0.25, 0.3) is 5.91 Å². The average Bonchev–Trinajstić information content (AvgIpc) is 2.99. The topological polar surface area (TPSA) is 59.8 Å². The molecule has 0 saturated heterocycles. The van der Waals surface area contributed by atoms with E-state index in [1.54, 1.807) is 23.3 Å². The zero-order chi connectivity index (χ0) is 17.1. The summed E-state index contributed by atoms with van der Waals surface area (Å²) in [5.41, 5.74) is 2.90.